The summed E-state index contributed by atoms with van der Waals surface area (Å²) in [5.41, 5.74) is 1.03. The second-order valence-corrected chi connectivity index (χ2v) is 7.69. The molecule has 112 valence electrons. The first kappa shape index (κ1) is 14.5. The SMILES string of the molecule is N#Cc1ccccc1CS(=O)(=O)N1CCCC2CNCC21. The molecule has 2 heterocycles. The highest BCUT2D eigenvalue weighted by atomic mass is 32.2. The third-order valence-electron chi connectivity index (χ3n) is 4.46. The summed E-state index contributed by atoms with van der Waals surface area (Å²) < 4.78 is 27.2. The van der Waals surface area contributed by atoms with Crippen molar-refractivity contribution >= 4 is 10.0 Å². The minimum atomic E-state index is -3.38. The van der Waals surface area contributed by atoms with E-state index in [0.717, 1.165) is 25.9 Å². The van der Waals surface area contributed by atoms with Crippen molar-refractivity contribution in [2.75, 3.05) is 19.6 Å². The van der Waals surface area contributed by atoms with Gasteiger partial charge < -0.3 is 5.32 Å². The maximum atomic E-state index is 12.8. The van der Waals surface area contributed by atoms with Crippen molar-refractivity contribution in [3.05, 3.63) is 35.4 Å². The highest BCUT2D eigenvalue weighted by Crippen LogP contribution is 2.30. The standard InChI is InChI=1S/C15H19N3O2S/c16-8-12-4-1-2-5-14(12)11-21(19,20)18-7-3-6-13-9-17-10-15(13)18/h1-2,4-5,13,15,17H,3,6-7,9-11H2. The first-order valence-corrected chi connectivity index (χ1v) is 8.91. The summed E-state index contributed by atoms with van der Waals surface area (Å²) in [6, 6.07) is 9.08. The Morgan fingerprint density at radius 3 is 2.95 bits per heavy atom. The molecule has 0 amide bonds. The summed E-state index contributed by atoms with van der Waals surface area (Å²) in [5, 5.41) is 12.4. The van der Waals surface area contributed by atoms with Gasteiger partial charge in [-0.2, -0.15) is 9.57 Å². The van der Waals surface area contributed by atoms with Gasteiger partial charge in [0.2, 0.25) is 10.0 Å². The predicted octanol–water partition coefficient (Wildman–Crippen LogP) is 1.07. The molecule has 0 radical (unpaired) electrons. The summed E-state index contributed by atoms with van der Waals surface area (Å²) in [5.74, 6) is 0.347. The highest BCUT2D eigenvalue weighted by molar-refractivity contribution is 7.88. The molecule has 6 heteroatoms. The van der Waals surface area contributed by atoms with Gasteiger partial charge in [0, 0.05) is 19.1 Å². The van der Waals surface area contributed by atoms with Gasteiger partial charge in [-0.25, -0.2) is 8.42 Å². The molecule has 0 spiro atoms. The van der Waals surface area contributed by atoms with Crippen LogP contribution in [0.3, 0.4) is 0 Å². The molecule has 2 atom stereocenters. The third kappa shape index (κ3) is 2.82. The smallest absolute Gasteiger partial charge is 0.218 e. The molecule has 2 aliphatic rings. The van der Waals surface area contributed by atoms with Gasteiger partial charge in [0.15, 0.2) is 0 Å². The maximum Gasteiger partial charge on any atom is 0.218 e. The van der Waals surface area contributed by atoms with Crippen molar-refractivity contribution in [3.63, 3.8) is 0 Å². The van der Waals surface area contributed by atoms with Crippen molar-refractivity contribution < 1.29 is 8.42 Å². The fourth-order valence-electron chi connectivity index (χ4n) is 3.41. The molecular formula is C15H19N3O2S. The van der Waals surface area contributed by atoms with Gasteiger partial charge in [0.05, 0.1) is 17.4 Å². The highest BCUT2D eigenvalue weighted by Gasteiger charge is 2.40. The number of nitrogens with zero attached hydrogens (tertiary/aromatic N) is 2. The quantitative estimate of drug-likeness (QED) is 0.906. The third-order valence-corrected chi connectivity index (χ3v) is 6.30. The lowest BCUT2D eigenvalue weighted by Gasteiger charge is -2.36. The van der Waals surface area contributed by atoms with E-state index in [4.69, 9.17) is 5.26 Å². The van der Waals surface area contributed by atoms with E-state index >= 15 is 0 Å². The molecule has 21 heavy (non-hydrogen) atoms. The largest absolute Gasteiger partial charge is 0.315 e. The van der Waals surface area contributed by atoms with E-state index in [2.05, 4.69) is 11.4 Å². The first-order valence-electron chi connectivity index (χ1n) is 7.30. The number of sulfonamides is 1. The van der Waals surface area contributed by atoms with E-state index in [1.165, 1.54) is 0 Å². The average Bonchev–Trinajstić information content (AvgIpc) is 2.95. The normalized spacial score (nSPS) is 26.2. The zero-order chi connectivity index (χ0) is 14.9. The van der Waals surface area contributed by atoms with Gasteiger partial charge >= 0.3 is 0 Å². The Balaban J connectivity index is 1.85. The second kappa shape index (κ2) is 5.76. The summed E-state index contributed by atoms with van der Waals surface area (Å²) >= 11 is 0. The van der Waals surface area contributed by atoms with Crippen LogP contribution in [0.5, 0.6) is 0 Å². The van der Waals surface area contributed by atoms with Gasteiger partial charge in [-0.3, -0.25) is 0 Å². The Bertz CT molecular complexity index is 666. The van der Waals surface area contributed by atoms with Crippen LogP contribution in [0, 0.1) is 17.2 Å². The molecule has 3 rings (SSSR count). The van der Waals surface area contributed by atoms with Gasteiger partial charge in [0.1, 0.15) is 0 Å². The Labute approximate surface area is 125 Å². The Kier molecular flexibility index (Phi) is 3.98. The van der Waals surface area contributed by atoms with Crippen molar-refractivity contribution in [3.8, 4) is 6.07 Å². The molecule has 0 saturated carbocycles. The fraction of sp³-hybridized carbons (Fsp3) is 0.533. The van der Waals surface area contributed by atoms with Crippen molar-refractivity contribution in [2.45, 2.75) is 24.6 Å². The van der Waals surface area contributed by atoms with Crippen molar-refractivity contribution in [2.24, 2.45) is 5.92 Å². The van der Waals surface area contributed by atoms with Crippen LogP contribution in [-0.4, -0.2) is 38.4 Å². The van der Waals surface area contributed by atoms with E-state index in [1.807, 2.05) is 0 Å². The number of piperidine rings is 1. The molecule has 0 aliphatic carbocycles. The molecule has 1 aromatic carbocycles. The van der Waals surface area contributed by atoms with Crippen LogP contribution in [0.2, 0.25) is 0 Å². The fourth-order valence-corrected chi connectivity index (χ4v) is 5.28. The molecule has 1 N–H and O–H groups in total. The van der Waals surface area contributed by atoms with Crippen LogP contribution in [-0.2, 0) is 15.8 Å². The van der Waals surface area contributed by atoms with E-state index in [1.54, 1.807) is 28.6 Å². The van der Waals surface area contributed by atoms with E-state index in [-0.39, 0.29) is 11.8 Å². The molecule has 0 bridgehead atoms. The van der Waals surface area contributed by atoms with Crippen LogP contribution in [0.15, 0.2) is 24.3 Å². The maximum absolute atomic E-state index is 12.8. The van der Waals surface area contributed by atoms with Crippen LogP contribution in [0.1, 0.15) is 24.0 Å². The first-order chi connectivity index (χ1) is 10.1. The molecular weight excluding hydrogens is 286 g/mol. The lowest BCUT2D eigenvalue weighted by Crippen LogP contribution is -2.48. The van der Waals surface area contributed by atoms with E-state index < -0.39 is 10.0 Å². The minimum Gasteiger partial charge on any atom is -0.315 e. The summed E-state index contributed by atoms with van der Waals surface area (Å²) in [4.78, 5) is 0. The molecule has 1 aromatic rings. The molecule has 2 unspecified atom stereocenters. The van der Waals surface area contributed by atoms with E-state index in [0.29, 0.717) is 23.6 Å². The molecule has 2 fully saturated rings. The number of nitriles is 1. The summed E-state index contributed by atoms with van der Waals surface area (Å²) in [6.45, 7) is 2.25. The minimum absolute atomic E-state index is 0.0815. The Hall–Kier alpha value is -1.42. The van der Waals surface area contributed by atoms with Crippen LogP contribution < -0.4 is 5.32 Å². The van der Waals surface area contributed by atoms with Gasteiger partial charge in [-0.1, -0.05) is 18.2 Å². The Morgan fingerprint density at radius 1 is 1.33 bits per heavy atom. The van der Waals surface area contributed by atoms with Crippen LogP contribution >= 0.6 is 0 Å². The molecule has 0 aromatic heterocycles. The summed E-state index contributed by atoms with van der Waals surface area (Å²) in [7, 11) is -3.38. The van der Waals surface area contributed by atoms with Gasteiger partial charge in [-0.15, -0.1) is 0 Å². The Morgan fingerprint density at radius 2 is 2.14 bits per heavy atom. The van der Waals surface area contributed by atoms with Crippen LogP contribution in [0.25, 0.3) is 0 Å². The number of benzene rings is 1. The van der Waals surface area contributed by atoms with Gasteiger partial charge in [0.25, 0.3) is 0 Å². The molecule has 5 nitrogen and oxygen atoms in total. The predicted molar refractivity (Wildman–Crippen MR) is 79.9 cm³/mol. The number of hydrogen-bond acceptors (Lipinski definition) is 4. The monoisotopic (exact) mass is 305 g/mol. The lowest BCUT2D eigenvalue weighted by molar-refractivity contribution is 0.217. The van der Waals surface area contributed by atoms with E-state index in [9.17, 15) is 8.42 Å². The topological polar surface area (TPSA) is 73.2 Å². The zero-order valence-corrected chi connectivity index (χ0v) is 12.6. The molecule has 2 saturated heterocycles. The molecule has 2 aliphatic heterocycles. The number of fused-ring (bicyclic) bond motifs is 1. The number of hydrogen-bond donors (Lipinski definition) is 1. The number of rotatable bonds is 3. The zero-order valence-electron chi connectivity index (χ0n) is 11.8. The number of nitrogens with one attached hydrogen (secondary N) is 1. The van der Waals surface area contributed by atoms with Crippen molar-refractivity contribution in [1.82, 2.24) is 9.62 Å². The summed E-state index contributed by atoms with van der Waals surface area (Å²) in [6.07, 6.45) is 2.01. The second-order valence-electron chi connectivity index (χ2n) is 5.76. The van der Waals surface area contributed by atoms with Gasteiger partial charge in [-0.05, 0) is 36.9 Å². The van der Waals surface area contributed by atoms with Crippen molar-refractivity contribution in [1.29, 1.82) is 5.26 Å². The lowest BCUT2D eigenvalue weighted by atomic mass is 9.94. The average molecular weight is 305 g/mol. The van der Waals surface area contributed by atoms with Crippen LogP contribution in [0.4, 0.5) is 0 Å².